The van der Waals surface area contributed by atoms with Gasteiger partial charge < -0.3 is 5.32 Å². The molecule has 0 aromatic heterocycles. The summed E-state index contributed by atoms with van der Waals surface area (Å²) in [5.41, 5.74) is 1.37. The lowest BCUT2D eigenvalue weighted by molar-refractivity contribution is -0.119. The van der Waals surface area contributed by atoms with E-state index in [1.807, 2.05) is 30.3 Å². The van der Waals surface area contributed by atoms with Crippen molar-refractivity contribution < 1.29 is 13.2 Å². The summed E-state index contributed by atoms with van der Waals surface area (Å²) in [6.07, 6.45) is 1.55. The Morgan fingerprint density at radius 1 is 0.903 bits per heavy atom. The second kappa shape index (κ2) is 10.7. The highest BCUT2D eigenvalue weighted by Gasteiger charge is 2.28. The Kier molecular flexibility index (Phi) is 7.96. The lowest BCUT2D eigenvalue weighted by atomic mass is 10.1. The molecule has 0 atom stereocenters. The Morgan fingerprint density at radius 3 is 2.19 bits per heavy atom. The number of hydrogen-bond donors (Lipinski definition) is 1. The second-order valence-electron chi connectivity index (χ2n) is 6.86. The van der Waals surface area contributed by atoms with E-state index in [0.717, 1.165) is 17.1 Å². The van der Waals surface area contributed by atoms with Crippen LogP contribution in [0.15, 0.2) is 83.8 Å². The third kappa shape index (κ3) is 6.23. The summed E-state index contributed by atoms with van der Waals surface area (Å²) in [6.45, 7) is 0.0330. The number of benzene rings is 3. The molecule has 0 aliphatic rings. The van der Waals surface area contributed by atoms with Crippen molar-refractivity contribution in [3.63, 3.8) is 0 Å². The van der Waals surface area contributed by atoms with Crippen LogP contribution in [0.5, 0.6) is 0 Å². The maximum atomic E-state index is 13.3. The van der Waals surface area contributed by atoms with Crippen LogP contribution in [0.3, 0.4) is 0 Å². The van der Waals surface area contributed by atoms with Crippen molar-refractivity contribution in [2.75, 3.05) is 17.4 Å². The van der Waals surface area contributed by atoms with Crippen molar-refractivity contribution >= 4 is 44.8 Å². The molecular weight excluding hydrogens is 455 g/mol. The number of nitrogens with zero attached hydrogens (tertiary/aromatic N) is 1. The van der Waals surface area contributed by atoms with Gasteiger partial charge in [0.1, 0.15) is 6.54 Å². The smallest absolute Gasteiger partial charge is 0.264 e. The minimum atomic E-state index is -4.01. The normalized spacial score (nSPS) is 11.2. The standard InChI is InChI=1S/C23H22Cl2N2O3S/c24-19-13-14-22(21(25)16-19)27(31(29,30)20-11-5-2-6-12-20)17-23(28)26-15-7-10-18-8-3-1-4-9-18/h1-6,8-9,11-14,16H,7,10,15,17H2,(H,26,28). The van der Waals surface area contributed by atoms with Gasteiger partial charge in [0.2, 0.25) is 5.91 Å². The van der Waals surface area contributed by atoms with Crippen LogP contribution in [0.1, 0.15) is 12.0 Å². The first-order chi connectivity index (χ1) is 14.9. The van der Waals surface area contributed by atoms with E-state index >= 15 is 0 Å². The molecule has 0 saturated carbocycles. The molecule has 1 amide bonds. The Hall–Kier alpha value is -2.54. The molecule has 3 rings (SSSR count). The molecule has 8 heteroatoms. The van der Waals surface area contributed by atoms with Crippen molar-refractivity contribution in [1.82, 2.24) is 5.32 Å². The van der Waals surface area contributed by atoms with Crippen LogP contribution in [-0.4, -0.2) is 27.4 Å². The van der Waals surface area contributed by atoms with Gasteiger partial charge in [-0.2, -0.15) is 0 Å². The molecule has 0 saturated heterocycles. The average Bonchev–Trinajstić information content (AvgIpc) is 2.77. The number of carbonyl (C=O) groups is 1. The molecule has 0 spiro atoms. The van der Waals surface area contributed by atoms with E-state index < -0.39 is 22.5 Å². The molecule has 0 heterocycles. The zero-order chi connectivity index (χ0) is 22.3. The Balaban J connectivity index is 1.74. The first kappa shape index (κ1) is 23.1. The van der Waals surface area contributed by atoms with Gasteiger partial charge in [-0.15, -0.1) is 0 Å². The van der Waals surface area contributed by atoms with Crippen LogP contribution in [-0.2, 0) is 21.2 Å². The third-order valence-electron chi connectivity index (χ3n) is 4.60. The van der Waals surface area contributed by atoms with E-state index in [0.29, 0.717) is 11.6 Å². The number of aryl methyl sites for hydroxylation is 1. The molecule has 5 nitrogen and oxygen atoms in total. The quantitative estimate of drug-likeness (QED) is 0.444. The lowest BCUT2D eigenvalue weighted by Gasteiger charge is -2.25. The number of amides is 1. The number of nitrogens with one attached hydrogen (secondary N) is 1. The van der Waals surface area contributed by atoms with Crippen LogP contribution in [0.4, 0.5) is 5.69 Å². The van der Waals surface area contributed by atoms with E-state index in [-0.39, 0.29) is 15.6 Å². The summed E-state index contributed by atoms with van der Waals surface area (Å²) >= 11 is 12.2. The molecule has 0 aliphatic heterocycles. The minimum absolute atomic E-state index is 0.0675. The van der Waals surface area contributed by atoms with Gasteiger partial charge in [0.25, 0.3) is 10.0 Å². The Bertz CT molecular complexity index is 1120. The maximum Gasteiger partial charge on any atom is 0.264 e. The Labute approximate surface area is 192 Å². The first-order valence-electron chi connectivity index (χ1n) is 9.71. The van der Waals surface area contributed by atoms with Gasteiger partial charge in [0.15, 0.2) is 0 Å². The summed E-state index contributed by atoms with van der Waals surface area (Å²) in [7, 11) is -4.01. The van der Waals surface area contributed by atoms with Gasteiger partial charge in [0, 0.05) is 11.6 Å². The largest absolute Gasteiger partial charge is 0.355 e. The first-order valence-corrected chi connectivity index (χ1v) is 11.9. The molecule has 0 fully saturated rings. The van der Waals surface area contributed by atoms with Gasteiger partial charge in [-0.3, -0.25) is 9.10 Å². The SMILES string of the molecule is O=C(CN(c1ccc(Cl)cc1Cl)S(=O)(=O)c1ccccc1)NCCCc1ccccc1. The minimum Gasteiger partial charge on any atom is -0.355 e. The molecular formula is C23H22Cl2N2O3S. The Morgan fingerprint density at radius 2 is 1.55 bits per heavy atom. The summed E-state index contributed by atoms with van der Waals surface area (Å²) in [4.78, 5) is 12.7. The molecule has 162 valence electrons. The molecule has 31 heavy (non-hydrogen) atoms. The van der Waals surface area contributed by atoms with E-state index in [1.54, 1.807) is 18.2 Å². The highest BCUT2D eigenvalue weighted by atomic mass is 35.5. The van der Waals surface area contributed by atoms with Gasteiger partial charge in [0.05, 0.1) is 15.6 Å². The summed E-state index contributed by atoms with van der Waals surface area (Å²) in [5, 5.41) is 3.31. The van der Waals surface area contributed by atoms with Crippen molar-refractivity contribution in [2.45, 2.75) is 17.7 Å². The van der Waals surface area contributed by atoms with Crippen LogP contribution >= 0.6 is 23.2 Å². The molecule has 3 aromatic rings. The molecule has 0 bridgehead atoms. The maximum absolute atomic E-state index is 13.3. The fourth-order valence-electron chi connectivity index (χ4n) is 3.05. The van der Waals surface area contributed by atoms with Crippen molar-refractivity contribution in [3.8, 4) is 0 Å². The van der Waals surface area contributed by atoms with Crippen molar-refractivity contribution in [3.05, 3.63) is 94.5 Å². The third-order valence-corrected chi connectivity index (χ3v) is 6.92. The van der Waals surface area contributed by atoms with Gasteiger partial charge >= 0.3 is 0 Å². The predicted molar refractivity (Wildman–Crippen MR) is 125 cm³/mol. The number of hydrogen-bond acceptors (Lipinski definition) is 3. The van der Waals surface area contributed by atoms with E-state index in [2.05, 4.69) is 5.32 Å². The number of carbonyl (C=O) groups excluding carboxylic acids is 1. The van der Waals surface area contributed by atoms with Gasteiger partial charge in [-0.05, 0) is 48.7 Å². The average molecular weight is 477 g/mol. The number of halogens is 2. The highest BCUT2D eigenvalue weighted by Crippen LogP contribution is 2.32. The molecule has 0 radical (unpaired) electrons. The predicted octanol–water partition coefficient (Wildman–Crippen LogP) is 4.94. The molecule has 1 N–H and O–H groups in total. The zero-order valence-corrected chi connectivity index (χ0v) is 19.0. The number of anilines is 1. The summed E-state index contributed by atoms with van der Waals surface area (Å²) in [5.74, 6) is -0.418. The van der Waals surface area contributed by atoms with Crippen molar-refractivity contribution in [2.24, 2.45) is 0 Å². The van der Waals surface area contributed by atoms with Gasteiger partial charge in [-0.25, -0.2) is 8.42 Å². The monoisotopic (exact) mass is 476 g/mol. The summed E-state index contributed by atoms with van der Waals surface area (Å²) in [6, 6.07) is 22.3. The summed E-state index contributed by atoms with van der Waals surface area (Å²) < 4.78 is 27.6. The van der Waals surface area contributed by atoms with Gasteiger partial charge in [-0.1, -0.05) is 71.7 Å². The second-order valence-corrected chi connectivity index (χ2v) is 9.57. The van der Waals surface area contributed by atoms with Crippen LogP contribution in [0.25, 0.3) is 0 Å². The lowest BCUT2D eigenvalue weighted by Crippen LogP contribution is -2.41. The highest BCUT2D eigenvalue weighted by molar-refractivity contribution is 7.92. The fourth-order valence-corrected chi connectivity index (χ4v) is 5.08. The molecule has 3 aromatic carbocycles. The molecule has 0 unspecified atom stereocenters. The van der Waals surface area contributed by atoms with Crippen LogP contribution in [0.2, 0.25) is 10.0 Å². The number of sulfonamides is 1. The zero-order valence-electron chi connectivity index (χ0n) is 16.7. The van der Waals surface area contributed by atoms with Crippen LogP contribution in [0, 0.1) is 0 Å². The topological polar surface area (TPSA) is 66.5 Å². The van der Waals surface area contributed by atoms with E-state index in [4.69, 9.17) is 23.2 Å². The van der Waals surface area contributed by atoms with Crippen LogP contribution < -0.4 is 9.62 Å². The fraction of sp³-hybridized carbons (Fsp3) is 0.174. The van der Waals surface area contributed by atoms with Crippen molar-refractivity contribution in [1.29, 1.82) is 0 Å². The number of rotatable bonds is 9. The van der Waals surface area contributed by atoms with E-state index in [9.17, 15) is 13.2 Å². The van der Waals surface area contributed by atoms with E-state index in [1.165, 1.54) is 35.9 Å². The molecule has 0 aliphatic carbocycles.